The van der Waals surface area contributed by atoms with Gasteiger partial charge in [-0.15, -0.1) is 0 Å². The van der Waals surface area contributed by atoms with Gasteiger partial charge in [0, 0.05) is 42.8 Å². The molecule has 0 aromatic heterocycles. The Labute approximate surface area is 171 Å². The molecule has 0 spiro atoms. The monoisotopic (exact) mass is 413 g/mol. The SMILES string of the molecule is O=C(NCCCN1CCOCC1)C1CCCN(Cc2ccc(Cl)cc2Cl)C1. The first kappa shape index (κ1) is 20.9. The molecular formula is C20H29Cl2N3O2. The van der Waals surface area contributed by atoms with Crippen LogP contribution in [0.1, 0.15) is 24.8 Å². The zero-order chi connectivity index (χ0) is 19.1. The summed E-state index contributed by atoms with van der Waals surface area (Å²) in [4.78, 5) is 17.3. The Morgan fingerprint density at radius 3 is 2.78 bits per heavy atom. The van der Waals surface area contributed by atoms with Crippen molar-refractivity contribution in [2.24, 2.45) is 5.92 Å². The smallest absolute Gasteiger partial charge is 0.224 e. The van der Waals surface area contributed by atoms with Crippen LogP contribution in [0.3, 0.4) is 0 Å². The van der Waals surface area contributed by atoms with Crippen molar-refractivity contribution in [3.8, 4) is 0 Å². The van der Waals surface area contributed by atoms with Gasteiger partial charge in [0.05, 0.1) is 19.1 Å². The lowest BCUT2D eigenvalue weighted by atomic mass is 9.96. The first-order chi connectivity index (χ1) is 13.1. The number of nitrogens with zero attached hydrogens (tertiary/aromatic N) is 2. The quantitative estimate of drug-likeness (QED) is 0.697. The number of carbonyl (C=O) groups excluding carboxylic acids is 1. The average Bonchev–Trinajstić information content (AvgIpc) is 2.68. The largest absolute Gasteiger partial charge is 0.379 e. The summed E-state index contributed by atoms with van der Waals surface area (Å²) in [7, 11) is 0. The van der Waals surface area contributed by atoms with Crippen LogP contribution in [0.4, 0.5) is 0 Å². The molecule has 3 rings (SSSR count). The van der Waals surface area contributed by atoms with E-state index in [1.807, 2.05) is 12.1 Å². The Morgan fingerprint density at radius 2 is 2.00 bits per heavy atom. The summed E-state index contributed by atoms with van der Waals surface area (Å²) >= 11 is 12.3. The third kappa shape index (κ3) is 6.61. The van der Waals surface area contributed by atoms with E-state index in [9.17, 15) is 4.79 Å². The van der Waals surface area contributed by atoms with E-state index in [0.29, 0.717) is 10.0 Å². The van der Waals surface area contributed by atoms with Crippen molar-refractivity contribution >= 4 is 29.1 Å². The maximum atomic E-state index is 12.5. The fraction of sp³-hybridized carbons (Fsp3) is 0.650. The molecular weight excluding hydrogens is 385 g/mol. The van der Waals surface area contributed by atoms with E-state index in [1.54, 1.807) is 6.07 Å². The molecule has 0 radical (unpaired) electrons. The molecule has 1 N–H and O–H groups in total. The molecule has 2 heterocycles. The van der Waals surface area contributed by atoms with Crippen molar-refractivity contribution in [3.05, 3.63) is 33.8 Å². The highest BCUT2D eigenvalue weighted by molar-refractivity contribution is 6.35. The minimum Gasteiger partial charge on any atom is -0.379 e. The first-order valence-electron chi connectivity index (χ1n) is 9.86. The molecule has 2 aliphatic rings. The van der Waals surface area contributed by atoms with Crippen molar-refractivity contribution < 1.29 is 9.53 Å². The second-order valence-electron chi connectivity index (χ2n) is 7.41. The molecule has 5 nitrogen and oxygen atoms in total. The van der Waals surface area contributed by atoms with Gasteiger partial charge in [-0.1, -0.05) is 29.3 Å². The van der Waals surface area contributed by atoms with Gasteiger partial charge in [-0.05, 0) is 50.0 Å². The highest BCUT2D eigenvalue weighted by Gasteiger charge is 2.26. The van der Waals surface area contributed by atoms with Gasteiger partial charge in [0.2, 0.25) is 5.91 Å². The molecule has 1 atom stereocenters. The molecule has 1 aromatic carbocycles. The molecule has 2 saturated heterocycles. The number of piperidine rings is 1. The van der Waals surface area contributed by atoms with Crippen LogP contribution in [0, 0.1) is 5.92 Å². The number of rotatable bonds is 7. The summed E-state index contributed by atoms with van der Waals surface area (Å²) in [6.07, 6.45) is 2.99. The van der Waals surface area contributed by atoms with Crippen molar-refractivity contribution in [2.45, 2.75) is 25.8 Å². The number of morpholine rings is 1. The van der Waals surface area contributed by atoms with Crippen LogP contribution < -0.4 is 5.32 Å². The third-order valence-electron chi connectivity index (χ3n) is 5.34. The average molecular weight is 414 g/mol. The predicted octanol–water partition coefficient (Wildman–Crippen LogP) is 3.04. The Hall–Kier alpha value is -0.850. The number of amides is 1. The Balaban J connectivity index is 1.39. The number of halogens is 2. The lowest BCUT2D eigenvalue weighted by Crippen LogP contribution is -2.43. The lowest BCUT2D eigenvalue weighted by molar-refractivity contribution is -0.126. The van der Waals surface area contributed by atoms with Crippen LogP contribution in [0.25, 0.3) is 0 Å². The lowest BCUT2D eigenvalue weighted by Gasteiger charge is -2.32. The van der Waals surface area contributed by atoms with Gasteiger partial charge in [-0.2, -0.15) is 0 Å². The summed E-state index contributed by atoms with van der Waals surface area (Å²) in [5.74, 6) is 0.247. The normalized spacial score (nSPS) is 21.9. The molecule has 0 aliphatic carbocycles. The number of benzene rings is 1. The summed E-state index contributed by atoms with van der Waals surface area (Å²) in [5.41, 5.74) is 1.06. The Morgan fingerprint density at radius 1 is 1.19 bits per heavy atom. The van der Waals surface area contributed by atoms with Crippen LogP contribution in [0.2, 0.25) is 10.0 Å². The number of ether oxygens (including phenoxy) is 1. The van der Waals surface area contributed by atoms with Crippen LogP contribution in [0.15, 0.2) is 18.2 Å². The number of hydrogen-bond donors (Lipinski definition) is 1. The summed E-state index contributed by atoms with van der Waals surface area (Å²) < 4.78 is 5.36. The van der Waals surface area contributed by atoms with E-state index in [1.165, 1.54) is 0 Å². The molecule has 0 saturated carbocycles. The van der Waals surface area contributed by atoms with Gasteiger partial charge in [-0.3, -0.25) is 14.6 Å². The molecule has 1 aromatic rings. The van der Waals surface area contributed by atoms with Crippen LogP contribution in [0.5, 0.6) is 0 Å². The van der Waals surface area contributed by atoms with Crippen molar-refractivity contribution in [1.82, 2.24) is 15.1 Å². The summed E-state index contributed by atoms with van der Waals surface area (Å²) in [6, 6.07) is 5.62. The topological polar surface area (TPSA) is 44.8 Å². The summed E-state index contributed by atoms with van der Waals surface area (Å²) in [6.45, 7) is 7.96. The van der Waals surface area contributed by atoms with E-state index < -0.39 is 0 Å². The molecule has 1 amide bonds. The van der Waals surface area contributed by atoms with Crippen LogP contribution in [-0.4, -0.2) is 68.2 Å². The zero-order valence-corrected chi connectivity index (χ0v) is 17.3. The zero-order valence-electron chi connectivity index (χ0n) is 15.8. The minimum absolute atomic E-state index is 0.0632. The van der Waals surface area contributed by atoms with Gasteiger partial charge in [0.1, 0.15) is 0 Å². The van der Waals surface area contributed by atoms with E-state index in [0.717, 1.165) is 83.9 Å². The number of carbonyl (C=O) groups is 1. The van der Waals surface area contributed by atoms with Gasteiger partial charge < -0.3 is 10.1 Å². The number of hydrogen-bond acceptors (Lipinski definition) is 4. The van der Waals surface area contributed by atoms with Gasteiger partial charge in [0.25, 0.3) is 0 Å². The van der Waals surface area contributed by atoms with Gasteiger partial charge in [-0.25, -0.2) is 0 Å². The maximum Gasteiger partial charge on any atom is 0.224 e. The van der Waals surface area contributed by atoms with Crippen LogP contribution in [-0.2, 0) is 16.1 Å². The number of nitrogens with one attached hydrogen (secondary N) is 1. The van der Waals surface area contributed by atoms with Gasteiger partial charge in [0.15, 0.2) is 0 Å². The Bertz CT molecular complexity index is 623. The highest BCUT2D eigenvalue weighted by Crippen LogP contribution is 2.25. The highest BCUT2D eigenvalue weighted by atomic mass is 35.5. The van der Waals surface area contributed by atoms with E-state index in [-0.39, 0.29) is 11.8 Å². The molecule has 0 bridgehead atoms. The van der Waals surface area contributed by atoms with Crippen molar-refractivity contribution in [1.29, 1.82) is 0 Å². The Kier molecular flexibility index (Phi) is 8.22. The molecule has 2 aliphatic heterocycles. The number of likely N-dealkylation sites (tertiary alicyclic amines) is 1. The van der Waals surface area contributed by atoms with Crippen LogP contribution >= 0.6 is 23.2 Å². The predicted molar refractivity (Wildman–Crippen MR) is 109 cm³/mol. The van der Waals surface area contributed by atoms with E-state index in [2.05, 4.69) is 15.1 Å². The van der Waals surface area contributed by atoms with Crippen molar-refractivity contribution in [3.63, 3.8) is 0 Å². The second kappa shape index (κ2) is 10.6. The standard InChI is InChI=1S/C20H29Cl2N3O2/c21-18-5-4-16(19(22)13-18)14-25-7-1-3-17(15-25)20(26)23-6-2-8-24-9-11-27-12-10-24/h4-5,13,17H,1-3,6-12,14-15H2,(H,23,26). The maximum absolute atomic E-state index is 12.5. The molecule has 1 unspecified atom stereocenters. The minimum atomic E-state index is 0.0632. The fourth-order valence-electron chi connectivity index (χ4n) is 3.79. The van der Waals surface area contributed by atoms with E-state index in [4.69, 9.17) is 27.9 Å². The second-order valence-corrected chi connectivity index (χ2v) is 8.25. The molecule has 7 heteroatoms. The molecule has 27 heavy (non-hydrogen) atoms. The van der Waals surface area contributed by atoms with E-state index >= 15 is 0 Å². The van der Waals surface area contributed by atoms with Gasteiger partial charge >= 0.3 is 0 Å². The molecule has 2 fully saturated rings. The molecule has 150 valence electrons. The van der Waals surface area contributed by atoms with Crippen molar-refractivity contribution in [2.75, 3.05) is 52.5 Å². The first-order valence-corrected chi connectivity index (χ1v) is 10.6. The third-order valence-corrected chi connectivity index (χ3v) is 5.93. The fourth-order valence-corrected chi connectivity index (χ4v) is 4.26. The summed E-state index contributed by atoms with van der Waals surface area (Å²) in [5, 5.41) is 4.47.